The molecular weight excluding hydrogens is 443 g/mol. The minimum absolute atomic E-state index is 0.729. The predicted octanol–water partition coefficient (Wildman–Crippen LogP) is 5.46. The van der Waals surface area contributed by atoms with E-state index in [0.717, 1.165) is 15.9 Å². The van der Waals surface area contributed by atoms with E-state index < -0.39 is 41.2 Å². The largest absolute Gasteiger partial charge is 0.471 e. The van der Waals surface area contributed by atoms with E-state index in [-0.39, 0.29) is 0 Å². The van der Waals surface area contributed by atoms with Crippen molar-refractivity contribution >= 4 is 15.9 Å². The third kappa shape index (κ3) is 4.54. The summed E-state index contributed by atoms with van der Waals surface area (Å²) in [6.07, 6.45) is -24.6. The molecule has 16 heteroatoms. The van der Waals surface area contributed by atoms with Crippen LogP contribution in [0.2, 0.25) is 0 Å². The number of rotatable bonds is 6. The Morgan fingerprint density at radius 1 is 0.696 bits per heavy atom. The monoisotopic (exact) mass is 442 g/mol. The van der Waals surface area contributed by atoms with Crippen molar-refractivity contribution in [3.8, 4) is 0 Å². The molecule has 23 heavy (non-hydrogen) atoms. The molecule has 0 aromatic rings. The molecule has 0 N–H and O–H groups in total. The first-order valence-corrected chi connectivity index (χ1v) is 5.26. The lowest BCUT2D eigenvalue weighted by molar-refractivity contribution is -0.509. The molecule has 0 rings (SSSR count). The van der Waals surface area contributed by atoms with Crippen LogP contribution in [0.5, 0.6) is 0 Å². The van der Waals surface area contributed by atoms with Gasteiger partial charge in [-0.2, -0.15) is 57.1 Å². The summed E-state index contributed by atoms with van der Waals surface area (Å²) in [6.45, 7) is 0. The van der Waals surface area contributed by atoms with E-state index in [0.29, 0.717) is 0 Å². The van der Waals surface area contributed by atoms with Crippen molar-refractivity contribution in [2.75, 3.05) is 0 Å². The van der Waals surface area contributed by atoms with Crippen LogP contribution in [0.4, 0.5) is 57.1 Å². The van der Waals surface area contributed by atoms with Gasteiger partial charge in [-0.15, -0.1) is 0 Å². The Kier molecular flexibility index (Phi) is 5.93. The van der Waals surface area contributed by atoms with Crippen molar-refractivity contribution in [1.29, 1.82) is 0 Å². The summed E-state index contributed by atoms with van der Waals surface area (Å²) < 4.78 is 164. The molecule has 0 aliphatic heterocycles. The minimum Gasteiger partial charge on any atom is -0.398 e. The predicted molar refractivity (Wildman–Crippen MR) is 46.2 cm³/mol. The molecule has 0 saturated heterocycles. The fourth-order valence-corrected chi connectivity index (χ4v) is 0.814. The van der Waals surface area contributed by atoms with Gasteiger partial charge in [-0.3, -0.25) is 4.74 Å². The van der Waals surface area contributed by atoms with E-state index >= 15 is 0 Å². The van der Waals surface area contributed by atoms with Crippen LogP contribution in [0.25, 0.3) is 0 Å². The summed E-state index contributed by atoms with van der Waals surface area (Å²) in [5.41, 5.74) is 0. The lowest BCUT2D eigenvalue weighted by Gasteiger charge is -2.36. The molecule has 2 nitrogen and oxygen atoms in total. The number of hydrogen-bond acceptors (Lipinski definition) is 2. The van der Waals surface area contributed by atoms with Crippen molar-refractivity contribution in [1.82, 2.24) is 0 Å². The molecule has 0 aromatic carbocycles. The third-order valence-corrected chi connectivity index (χ3v) is 2.17. The van der Waals surface area contributed by atoms with E-state index in [2.05, 4.69) is 0 Å². The van der Waals surface area contributed by atoms with Gasteiger partial charge in [-0.1, -0.05) is 0 Å². The molecular formula is C7BrF13O2. The summed E-state index contributed by atoms with van der Waals surface area (Å²) in [6, 6.07) is -3.79. The number of ether oxygens (including phenoxy) is 2. The molecule has 1 unspecified atom stereocenters. The highest BCUT2D eigenvalue weighted by atomic mass is 79.9. The molecule has 0 heterocycles. The lowest BCUT2D eigenvalue weighted by atomic mass is 10.2. The Balaban J connectivity index is 6.01. The van der Waals surface area contributed by atoms with Crippen molar-refractivity contribution in [2.24, 2.45) is 0 Å². The smallest absolute Gasteiger partial charge is 0.398 e. The molecule has 0 amide bonds. The van der Waals surface area contributed by atoms with Gasteiger partial charge in [0.25, 0.3) is 0 Å². The number of halogens is 14. The second-order valence-corrected chi connectivity index (χ2v) is 4.36. The zero-order chi connectivity index (χ0) is 19.1. The van der Waals surface area contributed by atoms with Gasteiger partial charge in [0.05, 0.1) is 0 Å². The summed E-state index contributed by atoms with van der Waals surface area (Å²) in [7, 11) is 0. The summed E-state index contributed by atoms with van der Waals surface area (Å²) in [5, 5.41) is 0. The van der Waals surface area contributed by atoms with Crippen molar-refractivity contribution < 1.29 is 66.5 Å². The number of alkyl halides is 11. The Bertz CT molecular complexity index is 462. The van der Waals surface area contributed by atoms with Gasteiger partial charge < -0.3 is 4.74 Å². The fourth-order valence-electron chi connectivity index (χ4n) is 0.734. The summed E-state index contributed by atoms with van der Waals surface area (Å²) in [5.74, 6) is -7.13. The van der Waals surface area contributed by atoms with Crippen LogP contribution in [0.1, 0.15) is 0 Å². The van der Waals surface area contributed by atoms with E-state index in [4.69, 9.17) is 0 Å². The molecule has 0 saturated carbocycles. The second-order valence-electron chi connectivity index (χ2n) is 3.36. The molecule has 0 aliphatic rings. The quantitative estimate of drug-likeness (QED) is 0.309. The van der Waals surface area contributed by atoms with Crippen molar-refractivity contribution in [3.05, 3.63) is 12.1 Å². The van der Waals surface area contributed by atoms with Crippen LogP contribution in [0.3, 0.4) is 0 Å². The van der Waals surface area contributed by atoms with Crippen molar-refractivity contribution in [3.63, 3.8) is 0 Å². The Morgan fingerprint density at radius 2 is 1.09 bits per heavy atom. The molecule has 0 fully saturated rings. The van der Waals surface area contributed by atoms with Gasteiger partial charge in [0, 0.05) is 15.9 Å². The van der Waals surface area contributed by atoms with Gasteiger partial charge in [-0.25, -0.2) is 0 Å². The minimum atomic E-state index is -7.24. The van der Waals surface area contributed by atoms with E-state index in [1.54, 1.807) is 4.74 Å². The molecule has 0 bridgehead atoms. The van der Waals surface area contributed by atoms with Gasteiger partial charge in [0.15, 0.2) is 0 Å². The van der Waals surface area contributed by atoms with Gasteiger partial charge >= 0.3 is 41.2 Å². The second kappa shape index (κ2) is 6.18. The Hall–Kier alpha value is -0.930. The summed E-state index contributed by atoms with van der Waals surface area (Å²) in [4.78, 5) is -5.81. The molecule has 0 aliphatic carbocycles. The SMILES string of the molecule is FC(F)=C(F)OC(F)(F)C(F)(OC(F)(F)C(F)(F)Br)C(F)(F)F. The van der Waals surface area contributed by atoms with Crippen LogP contribution >= 0.6 is 15.9 Å². The van der Waals surface area contributed by atoms with Gasteiger partial charge in [0.2, 0.25) is 0 Å². The molecule has 0 spiro atoms. The first kappa shape index (κ1) is 22.1. The van der Waals surface area contributed by atoms with Crippen molar-refractivity contribution in [2.45, 2.75) is 29.1 Å². The number of hydrogen-bond donors (Lipinski definition) is 0. The highest BCUT2D eigenvalue weighted by Crippen LogP contribution is 2.53. The Labute approximate surface area is 124 Å². The summed E-state index contributed by atoms with van der Waals surface area (Å²) >= 11 is 0.729. The van der Waals surface area contributed by atoms with E-state index in [1.807, 2.05) is 4.74 Å². The molecule has 0 aromatic heterocycles. The lowest BCUT2D eigenvalue weighted by Crippen LogP contribution is -2.62. The first-order chi connectivity index (χ1) is 9.78. The molecule has 1 atom stereocenters. The topological polar surface area (TPSA) is 18.5 Å². The maximum Gasteiger partial charge on any atom is 0.471 e. The molecule has 0 radical (unpaired) electrons. The maximum absolute atomic E-state index is 13.2. The highest BCUT2D eigenvalue weighted by molar-refractivity contribution is 9.10. The van der Waals surface area contributed by atoms with Crippen LogP contribution in [0, 0.1) is 0 Å². The van der Waals surface area contributed by atoms with Crippen LogP contribution in [-0.4, -0.2) is 29.1 Å². The normalized spacial score (nSPS) is 16.8. The average Bonchev–Trinajstić information content (AvgIpc) is 2.23. The zero-order valence-corrected chi connectivity index (χ0v) is 11.2. The zero-order valence-electron chi connectivity index (χ0n) is 9.61. The van der Waals surface area contributed by atoms with Gasteiger partial charge in [0.1, 0.15) is 0 Å². The van der Waals surface area contributed by atoms with Crippen LogP contribution < -0.4 is 0 Å². The van der Waals surface area contributed by atoms with Crippen LogP contribution in [0.15, 0.2) is 12.1 Å². The fraction of sp³-hybridized carbons (Fsp3) is 0.714. The molecule has 138 valence electrons. The first-order valence-electron chi connectivity index (χ1n) is 4.46. The average molecular weight is 443 g/mol. The standard InChI is InChI=1S/C7BrF13O2/c8-4(13,14)7(20,21)23-3(12,5(15,16)17)6(18,19)22-2(11)1(9)10. The maximum atomic E-state index is 13.2. The Morgan fingerprint density at radius 3 is 1.35 bits per heavy atom. The highest BCUT2D eigenvalue weighted by Gasteiger charge is 2.80. The van der Waals surface area contributed by atoms with E-state index in [1.165, 1.54) is 0 Å². The van der Waals surface area contributed by atoms with Crippen LogP contribution in [-0.2, 0) is 9.47 Å². The third-order valence-electron chi connectivity index (χ3n) is 1.70. The van der Waals surface area contributed by atoms with Gasteiger partial charge in [-0.05, 0) is 0 Å². The van der Waals surface area contributed by atoms with E-state index in [9.17, 15) is 57.1 Å².